The molecule has 0 saturated carbocycles. The van der Waals surface area contributed by atoms with E-state index in [4.69, 9.17) is 0 Å². The molecular formula is C16H19N5S. The molecular weight excluding hydrogens is 294 g/mol. The topological polar surface area (TPSA) is 55.1 Å². The maximum Gasteiger partial charge on any atom is 0.228 e. The van der Waals surface area contributed by atoms with Crippen molar-refractivity contribution in [1.29, 1.82) is 0 Å². The van der Waals surface area contributed by atoms with Crippen molar-refractivity contribution >= 4 is 23.4 Å². The summed E-state index contributed by atoms with van der Waals surface area (Å²) in [4.78, 5) is 9.17. The van der Waals surface area contributed by atoms with Crippen molar-refractivity contribution in [3.05, 3.63) is 36.5 Å². The van der Waals surface area contributed by atoms with E-state index >= 15 is 0 Å². The third kappa shape index (κ3) is 2.92. The predicted octanol–water partition coefficient (Wildman–Crippen LogP) is 3.73. The fourth-order valence-electron chi connectivity index (χ4n) is 2.26. The molecule has 0 aliphatic carbocycles. The van der Waals surface area contributed by atoms with Gasteiger partial charge >= 0.3 is 0 Å². The number of nitrogens with one attached hydrogen (secondary N) is 1. The molecule has 6 heteroatoms. The Kier molecular flexibility index (Phi) is 4.58. The summed E-state index contributed by atoms with van der Waals surface area (Å²) in [5.74, 6) is 0.755. The highest BCUT2D eigenvalue weighted by Crippen LogP contribution is 2.26. The van der Waals surface area contributed by atoms with Gasteiger partial charge in [-0.1, -0.05) is 55.4 Å². The van der Waals surface area contributed by atoms with Crippen LogP contribution in [0.3, 0.4) is 0 Å². The standard InChI is InChI=1S/C16H19N5S/c1-3-4-10-17-15-20-16(22-2)19-14-13(11-18-21(14)15)12-8-6-5-7-9-12/h5-9,11H,3-4,10H2,1-2H3,(H,17,19,20). The van der Waals surface area contributed by atoms with Crippen LogP contribution in [-0.4, -0.2) is 32.4 Å². The first-order chi connectivity index (χ1) is 10.8. The van der Waals surface area contributed by atoms with Crippen molar-refractivity contribution in [1.82, 2.24) is 19.6 Å². The van der Waals surface area contributed by atoms with Crippen molar-refractivity contribution in [2.45, 2.75) is 24.9 Å². The molecule has 0 bridgehead atoms. The lowest BCUT2D eigenvalue weighted by Crippen LogP contribution is -2.10. The van der Waals surface area contributed by atoms with Gasteiger partial charge in [-0.25, -0.2) is 4.98 Å². The molecule has 3 aromatic rings. The molecule has 0 spiro atoms. The van der Waals surface area contributed by atoms with E-state index in [0.717, 1.165) is 47.3 Å². The molecule has 0 unspecified atom stereocenters. The second kappa shape index (κ2) is 6.79. The number of hydrogen-bond donors (Lipinski definition) is 1. The highest BCUT2D eigenvalue weighted by Gasteiger charge is 2.13. The smallest absolute Gasteiger partial charge is 0.228 e. The molecule has 1 N–H and O–H groups in total. The Bertz CT molecular complexity index is 754. The lowest BCUT2D eigenvalue weighted by atomic mass is 10.1. The normalized spacial score (nSPS) is 11.0. The molecule has 0 radical (unpaired) electrons. The summed E-state index contributed by atoms with van der Waals surface area (Å²) >= 11 is 1.54. The molecule has 5 nitrogen and oxygen atoms in total. The van der Waals surface area contributed by atoms with Crippen LogP contribution in [-0.2, 0) is 0 Å². The summed E-state index contributed by atoms with van der Waals surface area (Å²) in [6, 6.07) is 10.2. The molecule has 2 heterocycles. The summed E-state index contributed by atoms with van der Waals surface area (Å²) in [6.07, 6.45) is 6.09. The number of rotatable bonds is 6. The highest BCUT2D eigenvalue weighted by molar-refractivity contribution is 7.98. The minimum absolute atomic E-state index is 0.754. The molecule has 0 aliphatic heterocycles. The summed E-state index contributed by atoms with van der Waals surface area (Å²) in [7, 11) is 0. The zero-order valence-corrected chi connectivity index (χ0v) is 13.6. The van der Waals surface area contributed by atoms with Crippen molar-refractivity contribution in [2.75, 3.05) is 18.1 Å². The van der Waals surface area contributed by atoms with Gasteiger partial charge in [0.2, 0.25) is 5.95 Å². The lowest BCUT2D eigenvalue weighted by molar-refractivity contribution is 0.790. The van der Waals surface area contributed by atoms with Crippen LogP contribution in [0.5, 0.6) is 0 Å². The van der Waals surface area contributed by atoms with E-state index in [2.05, 4.69) is 39.4 Å². The Morgan fingerprint density at radius 2 is 2.00 bits per heavy atom. The van der Waals surface area contributed by atoms with E-state index in [1.807, 2.05) is 30.7 Å². The van der Waals surface area contributed by atoms with E-state index in [1.54, 1.807) is 16.3 Å². The summed E-state index contributed by atoms with van der Waals surface area (Å²) in [5, 5.41) is 8.59. The van der Waals surface area contributed by atoms with E-state index in [1.165, 1.54) is 0 Å². The molecule has 0 fully saturated rings. The Morgan fingerprint density at radius 3 is 2.73 bits per heavy atom. The van der Waals surface area contributed by atoms with Crippen LogP contribution in [0.2, 0.25) is 0 Å². The predicted molar refractivity (Wildman–Crippen MR) is 91.4 cm³/mol. The van der Waals surface area contributed by atoms with Gasteiger partial charge in [-0.05, 0) is 18.2 Å². The molecule has 0 saturated heterocycles. The van der Waals surface area contributed by atoms with Crippen LogP contribution < -0.4 is 5.32 Å². The Hall–Kier alpha value is -2.08. The molecule has 0 amide bonds. The van der Waals surface area contributed by atoms with Crippen LogP contribution in [0.4, 0.5) is 5.95 Å². The number of thioether (sulfide) groups is 1. The van der Waals surface area contributed by atoms with Gasteiger partial charge in [-0.3, -0.25) is 0 Å². The lowest BCUT2D eigenvalue weighted by Gasteiger charge is -2.08. The third-order valence-corrected chi connectivity index (χ3v) is 3.98. The van der Waals surface area contributed by atoms with Gasteiger partial charge in [0.25, 0.3) is 0 Å². The molecule has 2 aromatic heterocycles. The summed E-state index contributed by atoms with van der Waals surface area (Å²) in [6.45, 7) is 3.06. The van der Waals surface area contributed by atoms with Gasteiger partial charge in [0.15, 0.2) is 10.8 Å². The first-order valence-corrected chi connectivity index (χ1v) is 8.65. The maximum absolute atomic E-state index is 4.63. The minimum atomic E-state index is 0.754. The van der Waals surface area contributed by atoms with Gasteiger partial charge in [-0.15, -0.1) is 0 Å². The number of fused-ring (bicyclic) bond motifs is 1. The van der Waals surface area contributed by atoms with E-state index < -0.39 is 0 Å². The van der Waals surface area contributed by atoms with Gasteiger partial charge in [0, 0.05) is 12.1 Å². The Balaban J connectivity index is 2.08. The zero-order chi connectivity index (χ0) is 15.4. The molecule has 1 aromatic carbocycles. The second-order valence-corrected chi connectivity index (χ2v) is 5.75. The number of benzene rings is 1. The fourth-order valence-corrected chi connectivity index (χ4v) is 2.62. The maximum atomic E-state index is 4.63. The molecule has 0 atom stereocenters. The van der Waals surface area contributed by atoms with E-state index in [-0.39, 0.29) is 0 Å². The van der Waals surface area contributed by atoms with Gasteiger partial charge in [0.05, 0.1) is 6.20 Å². The van der Waals surface area contributed by atoms with Gasteiger partial charge < -0.3 is 5.32 Å². The van der Waals surface area contributed by atoms with Crippen LogP contribution in [0, 0.1) is 0 Å². The second-order valence-electron chi connectivity index (χ2n) is 4.97. The minimum Gasteiger partial charge on any atom is -0.354 e. The van der Waals surface area contributed by atoms with Crippen LogP contribution in [0.15, 0.2) is 41.7 Å². The van der Waals surface area contributed by atoms with Crippen molar-refractivity contribution in [3.8, 4) is 11.1 Å². The van der Waals surface area contributed by atoms with Gasteiger partial charge in [0.1, 0.15) is 0 Å². The van der Waals surface area contributed by atoms with Gasteiger partial charge in [-0.2, -0.15) is 14.6 Å². The van der Waals surface area contributed by atoms with E-state index in [9.17, 15) is 0 Å². The molecule has 22 heavy (non-hydrogen) atoms. The average molecular weight is 313 g/mol. The van der Waals surface area contributed by atoms with Crippen LogP contribution >= 0.6 is 11.8 Å². The fraction of sp³-hybridized carbons (Fsp3) is 0.312. The number of nitrogens with zero attached hydrogens (tertiary/aromatic N) is 4. The largest absolute Gasteiger partial charge is 0.354 e. The first kappa shape index (κ1) is 14.8. The van der Waals surface area contributed by atoms with Crippen molar-refractivity contribution < 1.29 is 0 Å². The van der Waals surface area contributed by atoms with Crippen molar-refractivity contribution in [2.24, 2.45) is 0 Å². The van der Waals surface area contributed by atoms with Crippen LogP contribution in [0.1, 0.15) is 19.8 Å². The monoisotopic (exact) mass is 313 g/mol. The SMILES string of the molecule is CCCCNc1nc(SC)nc2c(-c3ccccc3)cnn12. The summed E-state index contributed by atoms with van der Waals surface area (Å²) in [5.41, 5.74) is 2.98. The summed E-state index contributed by atoms with van der Waals surface area (Å²) < 4.78 is 1.79. The average Bonchev–Trinajstić information content (AvgIpc) is 2.99. The molecule has 0 aliphatic rings. The molecule has 3 rings (SSSR count). The quantitative estimate of drug-likeness (QED) is 0.555. The van der Waals surface area contributed by atoms with Crippen molar-refractivity contribution in [3.63, 3.8) is 0 Å². The number of aromatic nitrogens is 4. The number of unbranched alkanes of at least 4 members (excludes halogenated alkanes) is 1. The Morgan fingerprint density at radius 1 is 1.18 bits per heavy atom. The zero-order valence-electron chi connectivity index (χ0n) is 12.8. The Labute approximate surface area is 134 Å². The van der Waals surface area contributed by atoms with E-state index in [0.29, 0.717) is 0 Å². The molecule has 114 valence electrons. The first-order valence-electron chi connectivity index (χ1n) is 7.42. The number of anilines is 1. The highest BCUT2D eigenvalue weighted by atomic mass is 32.2. The number of hydrogen-bond acceptors (Lipinski definition) is 5. The third-order valence-electron chi connectivity index (χ3n) is 3.43. The van der Waals surface area contributed by atoms with Crippen LogP contribution in [0.25, 0.3) is 16.8 Å².